The van der Waals surface area contributed by atoms with Crippen LogP contribution < -0.4 is 0 Å². The van der Waals surface area contributed by atoms with Gasteiger partial charge in [0.2, 0.25) is 0 Å². The molecular weight excluding hydrogens is 326 g/mol. The lowest BCUT2D eigenvalue weighted by molar-refractivity contribution is -0.923. The second-order valence-electron chi connectivity index (χ2n) is 8.93. The lowest BCUT2D eigenvalue weighted by Crippen LogP contribution is -2.50. The van der Waals surface area contributed by atoms with Crippen LogP contribution in [0.3, 0.4) is 0 Å². The summed E-state index contributed by atoms with van der Waals surface area (Å²) >= 11 is 0. The van der Waals surface area contributed by atoms with E-state index in [4.69, 9.17) is 0 Å². The van der Waals surface area contributed by atoms with E-state index in [9.17, 15) is 0 Å². The molecule has 1 heteroatoms. The predicted molar refractivity (Wildman–Crippen MR) is 125 cm³/mol. The first-order valence-corrected chi connectivity index (χ1v) is 12.7. The molecule has 0 aliphatic rings. The molecule has 27 heavy (non-hydrogen) atoms. The summed E-state index contributed by atoms with van der Waals surface area (Å²) in [5.41, 5.74) is 0. The predicted octanol–water partition coefficient (Wildman–Crippen LogP) is 8.68. The Morgan fingerprint density at radius 3 is 1.19 bits per heavy atom. The van der Waals surface area contributed by atoms with E-state index in [1.165, 1.54) is 140 Å². The molecule has 0 aliphatic heterocycles. The van der Waals surface area contributed by atoms with Gasteiger partial charge in [0, 0.05) is 0 Å². The van der Waals surface area contributed by atoms with Crippen molar-refractivity contribution in [1.82, 2.24) is 0 Å². The van der Waals surface area contributed by atoms with E-state index in [0.717, 1.165) is 0 Å². The molecule has 0 aromatic heterocycles. The average Bonchev–Trinajstić information content (AvgIpc) is 2.68. The molecule has 0 N–H and O–H groups in total. The lowest BCUT2D eigenvalue weighted by atomic mass is 10.0. The van der Waals surface area contributed by atoms with Crippen LogP contribution in [-0.4, -0.2) is 30.7 Å². The first-order valence-electron chi connectivity index (χ1n) is 12.7. The summed E-state index contributed by atoms with van der Waals surface area (Å²) in [6, 6.07) is 0. The van der Waals surface area contributed by atoms with Crippen molar-refractivity contribution in [2.24, 2.45) is 0 Å². The van der Waals surface area contributed by atoms with Crippen LogP contribution in [0, 0.1) is 0 Å². The topological polar surface area (TPSA) is 0 Å². The van der Waals surface area contributed by atoms with E-state index in [2.05, 4.69) is 33.4 Å². The Kier molecular flexibility index (Phi) is 20.2. The molecule has 0 saturated carbocycles. The maximum Gasteiger partial charge on any atom is 0.0971 e. The Labute approximate surface area is 173 Å². The molecule has 1 nitrogen and oxygen atoms in total. The van der Waals surface area contributed by atoms with Crippen LogP contribution in [0.1, 0.15) is 130 Å². The summed E-state index contributed by atoms with van der Waals surface area (Å²) < 4.78 is 1.31. The third kappa shape index (κ3) is 16.4. The van der Waals surface area contributed by atoms with E-state index in [1.807, 2.05) is 0 Å². The Balaban J connectivity index is 3.76. The lowest BCUT2D eigenvalue weighted by Gasteiger charge is -2.38. The van der Waals surface area contributed by atoms with Gasteiger partial charge in [-0.25, -0.2) is 0 Å². The minimum atomic E-state index is 1.18. The first kappa shape index (κ1) is 26.7. The van der Waals surface area contributed by atoms with Crippen LogP contribution in [0.4, 0.5) is 0 Å². The first-order chi connectivity index (χ1) is 13.2. The average molecular weight is 381 g/mol. The molecule has 0 bridgehead atoms. The van der Waals surface area contributed by atoms with Gasteiger partial charge in [-0.1, -0.05) is 111 Å². The standard InChI is InChI=1S/C26H54N/c1-5-9-12-13-14-15-16-17-18-19-20-21-22-26-27(23-8-4,24-10-6-2)25-11-7-3/h8H,4-7,9-26H2,1-3H3/q+1. The zero-order valence-corrected chi connectivity index (χ0v) is 19.6. The van der Waals surface area contributed by atoms with Crippen LogP contribution in [0.15, 0.2) is 12.7 Å². The molecule has 0 atom stereocenters. The number of hydrogen-bond donors (Lipinski definition) is 0. The van der Waals surface area contributed by atoms with E-state index in [1.54, 1.807) is 0 Å². The molecule has 0 aromatic carbocycles. The molecule has 0 fully saturated rings. The molecule has 0 unspecified atom stereocenters. The van der Waals surface area contributed by atoms with Crippen molar-refractivity contribution in [2.45, 2.75) is 130 Å². The molecule has 0 rings (SSSR count). The van der Waals surface area contributed by atoms with Crippen LogP contribution in [-0.2, 0) is 0 Å². The fraction of sp³-hybridized carbons (Fsp3) is 0.923. The molecule has 0 spiro atoms. The second-order valence-corrected chi connectivity index (χ2v) is 8.93. The minimum absolute atomic E-state index is 1.18. The fourth-order valence-electron chi connectivity index (χ4n) is 4.34. The minimum Gasteiger partial charge on any atom is -0.320 e. The maximum atomic E-state index is 4.06. The summed E-state index contributed by atoms with van der Waals surface area (Å²) in [4.78, 5) is 0. The Bertz CT molecular complexity index is 289. The van der Waals surface area contributed by atoms with Crippen LogP contribution >= 0.6 is 0 Å². The molecule has 162 valence electrons. The molecule has 0 aliphatic carbocycles. The van der Waals surface area contributed by atoms with E-state index < -0.39 is 0 Å². The third-order valence-corrected chi connectivity index (χ3v) is 6.22. The van der Waals surface area contributed by atoms with Gasteiger partial charge in [-0.15, -0.1) is 0 Å². The summed E-state index contributed by atoms with van der Waals surface area (Å²) in [7, 11) is 0. The highest BCUT2D eigenvalue weighted by molar-refractivity contribution is 4.67. The van der Waals surface area contributed by atoms with Crippen molar-refractivity contribution >= 4 is 0 Å². The smallest absolute Gasteiger partial charge is 0.0971 e. The normalized spacial score (nSPS) is 11.8. The summed E-state index contributed by atoms with van der Waals surface area (Å²) in [6.07, 6.45) is 26.4. The summed E-state index contributed by atoms with van der Waals surface area (Å²) in [6.45, 7) is 16.3. The van der Waals surface area contributed by atoms with E-state index >= 15 is 0 Å². The highest BCUT2D eigenvalue weighted by Gasteiger charge is 2.24. The van der Waals surface area contributed by atoms with Gasteiger partial charge in [0.05, 0.1) is 26.2 Å². The van der Waals surface area contributed by atoms with Gasteiger partial charge in [0.1, 0.15) is 0 Å². The van der Waals surface area contributed by atoms with Crippen molar-refractivity contribution in [3.05, 3.63) is 12.7 Å². The highest BCUT2D eigenvalue weighted by atomic mass is 15.3. The fourth-order valence-corrected chi connectivity index (χ4v) is 4.34. The van der Waals surface area contributed by atoms with Gasteiger partial charge < -0.3 is 4.48 Å². The zero-order chi connectivity index (χ0) is 20.1. The summed E-state index contributed by atoms with van der Waals surface area (Å²) in [5.74, 6) is 0. The van der Waals surface area contributed by atoms with Crippen LogP contribution in [0.25, 0.3) is 0 Å². The largest absolute Gasteiger partial charge is 0.320 e. The SMILES string of the molecule is C=CC[N+](CCCC)(CCCC)CCCCCCCCCCCCCCC. The number of nitrogens with zero attached hydrogens (tertiary/aromatic N) is 1. The second kappa shape index (κ2) is 20.4. The van der Waals surface area contributed by atoms with Gasteiger partial charge in [-0.3, -0.25) is 0 Å². The monoisotopic (exact) mass is 380 g/mol. The van der Waals surface area contributed by atoms with Crippen molar-refractivity contribution in [1.29, 1.82) is 0 Å². The highest BCUT2D eigenvalue weighted by Crippen LogP contribution is 2.17. The van der Waals surface area contributed by atoms with Crippen molar-refractivity contribution < 1.29 is 4.48 Å². The zero-order valence-electron chi connectivity index (χ0n) is 19.6. The quantitative estimate of drug-likeness (QED) is 0.100. The van der Waals surface area contributed by atoms with Gasteiger partial charge in [0.25, 0.3) is 0 Å². The molecule has 0 saturated heterocycles. The molecule has 0 aromatic rings. The Hall–Kier alpha value is -0.300. The summed E-state index contributed by atoms with van der Waals surface area (Å²) in [5, 5.41) is 0. The number of quaternary nitrogens is 1. The van der Waals surface area contributed by atoms with Gasteiger partial charge in [0.15, 0.2) is 0 Å². The van der Waals surface area contributed by atoms with Crippen molar-refractivity contribution in [2.75, 3.05) is 26.2 Å². The molecular formula is C26H54N+. The third-order valence-electron chi connectivity index (χ3n) is 6.22. The Morgan fingerprint density at radius 2 is 0.815 bits per heavy atom. The molecule has 0 radical (unpaired) electrons. The Morgan fingerprint density at radius 1 is 0.481 bits per heavy atom. The van der Waals surface area contributed by atoms with Crippen molar-refractivity contribution in [3.63, 3.8) is 0 Å². The van der Waals surface area contributed by atoms with E-state index in [-0.39, 0.29) is 0 Å². The maximum absolute atomic E-state index is 4.06. The number of unbranched alkanes of at least 4 members (excludes halogenated alkanes) is 14. The van der Waals surface area contributed by atoms with Crippen LogP contribution in [0.5, 0.6) is 0 Å². The molecule has 0 amide bonds. The van der Waals surface area contributed by atoms with E-state index in [0.29, 0.717) is 0 Å². The van der Waals surface area contributed by atoms with Crippen LogP contribution in [0.2, 0.25) is 0 Å². The number of hydrogen-bond acceptors (Lipinski definition) is 0. The van der Waals surface area contributed by atoms with Gasteiger partial charge >= 0.3 is 0 Å². The van der Waals surface area contributed by atoms with Crippen molar-refractivity contribution in [3.8, 4) is 0 Å². The van der Waals surface area contributed by atoms with Gasteiger partial charge in [-0.05, 0) is 31.8 Å². The molecule has 0 heterocycles. The van der Waals surface area contributed by atoms with Gasteiger partial charge in [-0.2, -0.15) is 0 Å². The number of rotatable bonds is 22.